The van der Waals surface area contributed by atoms with Gasteiger partial charge in [-0.05, 0) is 54.4 Å². The summed E-state index contributed by atoms with van der Waals surface area (Å²) in [5.41, 5.74) is 7.47. The first-order chi connectivity index (χ1) is 11.0. The van der Waals surface area contributed by atoms with E-state index in [0.29, 0.717) is 25.3 Å². The Hall–Kier alpha value is -1.30. The molecule has 0 fully saturated rings. The van der Waals surface area contributed by atoms with Gasteiger partial charge in [-0.15, -0.1) is 12.4 Å². The van der Waals surface area contributed by atoms with Crippen molar-refractivity contribution in [3.05, 3.63) is 58.3 Å². The van der Waals surface area contributed by atoms with Crippen molar-refractivity contribution < 1.29 is 4.79 Å². The van der Waals surface area contributed by atoms with Gasteiger partial charge in [0.05, 0.1) is 0 Å². The van der Waals surface area contributed by atoms with E-state index in [1.54, 1.807) is 0 Å². The van der Waals surface area contributed by atoms with Crippen LogP contribution in [-0.2, 0) is 6.54 Å². The summed E-state index contributed by atoms with van der Waals surface area (Å²) >= 11 is 3.48. The highest BCUT2D eigenvalue weighted by atomic mass is 79.9. The van der Waals surface area contributed by atoms with Gasteiger partial charge in [-0.25, -0.2) is 0 Å². The van der Waals surface area contributed by atoms with Crippen LogP contribution < -0.4 is 5.73 Å². The highest BCUT2D eigenvalue weighted by molar-refractivity contribution is 9.10. The van der Waals surface area contributed by atoms with Crippen LogP contribution >= 0.6 is 28.3 Å². The van der Waals surface area contributed by atoms with Crippen LogP contribution in [0.25, 0.3) is 0 Å². The fourth-order valence-electron chi connectivity index (χ4n) is 2.54. The molecule has 0 spiro atoms. The fraction of sp³-hybridized carbons (Fsp3) is 0.389. The molecule has 2 aromatic rings. The standard InChI is InChI=1S/C18H24BrN3O.ClH/c1-14(2)22-13-16(19)11-17(22)18(23)21(10-6-9-20)12-15-7-4-3-5-8-15;/h3-5,7-8,11,13-14H,6,9-10,12,20H2,1-2H3;1H. The molecule has 1 aromatic heterocycles. The van der Waals surface area contributed by atoms with Gasteiger partial charge in [0.25, 0.3) is 5.91 Å². The molecule has 0 aliphatic rings. The van der Waals surface area contributed by atoms with Crippen molar-refractivity contribution in [1.82, 2.24) is 9.47 Å². The third-order valence-electron chi connectivity index (χ3n) is 3.73. The minimum absolute atomic E-state index is 0. The highest BCUT2D eigenvalue weighted by Gasteiger charge is 2.21. The maximum Gasteiger partial charge on any atom is 0.270 e. The predicted molar refractivity (Wildman–Crippen MR) is 105 cm³/mol. The zero-order valence-electron chi connectivity index (χ0n) is 14.1. The van der Waals surface area contributed by atoms with Gasteiger partial charge in [0.15, 0.2) is 0 Å². The maximum atomic E-state index is 13.0. The van der Waals surface area contributed by atoms with Crippen molar-refractivity contribution in [2.24, 2.45) is 5.73 Å². The molecule has 2 rings (SSSR count). The van der Waals surface area contributed by atoms with Crippen molar-refractivity contribution in [2.75, 3.05) is 13.1 Å². The second kappa shape index (κ2) is 9.87. The summed E-state index contributed by atoms with van der Waals surface area (Å²) in [6.07, 6.45) is 2.75. The van der Waals surface area contributed by atoms with E-state index in [2.05, 4.69) is 29.8 Å². The van der Waals surface area contributed by atoms with Crippen molar-refractivity contribution in [1.29, 1.82) is 0 Å². The molecule has 4 nitrogen and oxygen atoms in total. The van der Waals surface area contributed by atoms with E-state index in [1.165, 1.54) is 0 Å². The van der Waals surface area contributed by atoms with E-state index in [0.717, 1.165) is 16.5 Å². The Morgan fingerprint density at radius 3 is 2.54 bits per heavy atom. The number of rotatable bonds is 7. The van der Waals surface area contributed by atoms with Crippen LogP contribution in [0.15, 0.2) is 47.1 Å². The molecule has 0 aliphatic heterocycles. The normalized spacial score (nSPS) is 10.5. The number of halogens is 2. The third-order valence-corrected chi connectivity index (χ3v) is 4.16. The van der Waals surface area contributed by atoms with Gasteiger partial charge in [0.2, 0.25) is 0 Å². The van der Waals surface area contributed by atoms with Crippen LogP contribution in [-0.4, -0.2) is 28.5 Å². The summed E-state index contributed by atoms with van der Waals surface area (Å²) < 4.78 is 2.93. The molecular formula is C18H25BrClN3O. The first kappa shape index (κ1) is 20.7. The van der Waals surface area contributed by atoms with Gasteiger partial charge < -0.3 is 15.2 Å². The number of carbonyl (C=O) groups excluding carboxylic acids is 1. The largest absolute Gasteiger partial charge is 0.340 e. The van der Waals surface area contributed by atoms with Crippen molar-refractivity contribution in [2.45, 2.75) is 32.9 Å². The van der Waals surface area contributed by atoms with E-state index in [-0.39, 0.29) is 24.4 Å². The summed E-state index contributed by atoms with van der Waals surface area (Å²) in [5.74, 6) is 0.0432. The van der Waals surface area contributed by atoms with E-state index in [9.17, 15) is 4.79 Å². The highest BCUT2D eigenvalue weighted by Crippen LogP contribution is 2.21. The third kappa shape index (κ3) is 5.36. The lowest BCUT2D eigenvalue weighted by atomic mass is 10.2. The number of nitrogens with zero attached hydrogens (tertiary/aromatic N) is 2. The number of benzene rings is 1. The Bertz CT molecular complexity index is 643. The summed E-state index contributed by atoms with van der Waals surface area (Å²) in [6.45, 7) is 5.98. The molecule has 1 aromatic carbocycles. The molecular weight excluding hydrogens is 390 g/mol. The van der Waals surface area contributed by atoms with E-state index >= 15 is 0 Å². The first-order valence-corrected chi connectivity index (χ1v) is 8.73. The average molecular weight is 415 g/mol. The second-order valence-corrected chi connectivity index (χ2v) is 6.81. The number of amides is 1. The van der Waals surface area contributed by atoms with Crippen LogP contribution in [0.1, 0.15) is 42.4 Å². The van der Waals surface area contributed by atoms with Gasteiger partial charge in [0.1, 0.15) is 5.69 Å². The molecule has 0 aliphatic carbocycles. The molecule has 1 heterocycles. The molecule has 24 heavy (non-hydrogen) atoms. The summed E-state index contributed by atoms with van der Waals surface area (Å²) in [5, 5.41) is 0. The van der Waals surface area contributed by atoms with Crippen LogP contribution in [0.4, 0.5) is 0 Å². The van der Waals surface area contributed by atoms with Crippen molar-refractivity contribution in [3.8, 4) is 0 Å². The maximum absolute atomic E-state index is 13.0. The number of hydrogen-bond donors (Lipinski definition) is 1. The monoisotopic (exact) mass is 413 g/mol. The zero-order valence-corrected chi connectivity index (χ0v) is 16.5. The Morgan fingerprint density at radius 1 is 1.29 bits per heavy atom. The Balaban J connectivity index is 0.00000288. The molecule has 0 bridgehead atoms. The van der Waals surface area contributed by atoms with Gasteiger partial charge in [0, 0.05) is 29.8 Å². The summed E-state index contributed by atoms with van der Waals surface area (Å²) in [4.78, 5) is 14.9. The van der Waals surface area contributed by atoms with Crippen LogP contribution in [0.5, 0.6) is 0 Å². The van der Waals surface area contributed by atoms with Crippen LogP contribution in [0, 0.1) is 0 Å². The minimum atomic E-state index is 0. The van der Waals surface area contributed by atoms with Crippen LogP contribution in [0.3, 0.4) is 0 Å². The quantitative estimate of drug-likeness (QED) is 0.736. The van der Waals surface area contributed by atoms with E-state index in [4.69, 9.17) is 5.73 Å². The van der Waals surface area contributed by atoms with Crippen molar-refractivity contribution in [3.63, 3.8) is 0 Å². The predicted octanol–water partition coefficient (Wildman–Crippen LogP) is 4.24. The van der Waals surface area contributed by atoms with E-state index < -0.39 is 0 Å². The van der Waals surface area contributed by atoms with E-state index in [1.807, 2.05) is 52.1 Å². The fourth-order valence-corrected chi connectivity index (χ4v) is 2.98. The van der Waals surface area contributed by atoms with Gasteiger partial charge >= 0.3 is 0 Å². The topological polar surface area (TPSA) is 51.3 Å². The molecule has 0 radical (unpaired) electrons. The smallest absolute Gasteiger partial charge is 0.270 e. The number of hydrogen-bond acceptors (Lipinski definition) is 2. The Labute approximate surface area is 158 Å². The average Bonchev–Trinajstić information content (AvgIpc) is 2.94. The lowest BCUT2D eigenvalue weighted by Gasteiger charge is -2.24. The molecule has 0 saturated carbocycles. The van der Waals surface area contributed by atoms with Crippen molar-refractivity contribution >= 4 is 34.2 Å². The molecule has 0 unspecified atom stereocenters. The lowest BCUT2D eigenvalue weighted by Crippen LogP contribution is -2.34. The number of nitrogens with two attached hydrogens (primary N) is 1. The zero-order chi connectivity index (χ0) is 16.8. The molecule has 0 atom stereocenters. The second-order valence-electron chi connectivity index (χ2n) is 5.90. The van der Waals surface area contributed by atoms with Gasteiger partial charge in [-0.2, -0.15) is 0 Å². The molecule has 132 valence electrons. The first-order valence-electron chi connectivity index (χ1n) is 7.93. The summed E-state index contributed by atoms with van der Waals surface area (Å²) in [7, 11) is 0. The molecule has 0 saturated heterocycles. The number of aromatic nitrogens is 1. The Kier molecular flexibility index (Phi) is 8.53. The molecule has 2 N–H and O–H groups in total. The molecule has 6 heteroatoms. The van der Waals surface area contributed by atoms with Gasteiger partial charge in [-0.1, -0.05) is 30.3 Å². The summed E-state index contributed by atoms with van der Waals surface area (Å²) in [6, 6.07) is 12.2. The minimum Gasteiger partial charge on any atom is -0.340 e. The number of carbonyl (C=O) groups is 1. The lowest BCUT2D eigenvalue weighted by molar-refractivity contribution is 0.0729. The molecule has 1 amide bonds. The van der Waals surface area contributed by atoms with Crippen LogP contribution in [0.2, 0.25) is 0 Å². The van der Waals surface area contributed by atoms with Gasteiger partial charge in [-0.3, -0.25) is 4.79 Å². The Morgan fingerprint density at radius 2 is 1.96 bits per heavy atom. The SMILES string of the molecule is CC(C)n1cc(Br)cc1C(=O)N(CCCN)Cc1ccccc1.Cl.